The first kappa shape index (κ1) is 19.9. The zero-order chi connectivity index (χ0) is 19.9. The van der Waals surface area contributed by atoms with Crippen LogP contribution in [0.2, 0.25) is 0 Å². The highest BCUT2D eigenvalue weighted by molar-refractivity contribution is 5.81. The number of benzene rings is 2. The minimum Gasteiger partial charge on any atom is -0.493 e. The molecule has 0 aromatic heterocycles. The number of ether oxygens (including phenoxy) is 2. The maximum atomic E-state index is 12.2. The summed E-state index contributed by atoms with van der Waals surface area (Å²) < 4.78 is 10.7. The Balaban J connectivity index is 1.40. The molecule has 5 heteroatoms. The van der Waals surface area contributed by atoms with Crippen LogP contribution in [-0.2, 0) is 20.7 Å². The van der Waals surface area contributed by atoms with E-state index < -0.39 is 5.97 Å². The summed E-state index contributed by atoms with van der Waals surface area (Å²) in [6.07, 6.45) is 3.09. The summed E-state index contributed by atoms with van der Waals surface area (Å²) in [6, 6.07) is 14.1. The van der Waals surface area contributed by atoms with Crippen molar-refractivity contribution in [2.75, 3.05) is 13.2 Å². The lowest BCUT2D eigenvalue weighted by atomic mass is 9.88. The molecule has 148 valence electrons. The average Bonchev–Trinajstić information content (AvgIpc) is 2.69. The predicted molar refractivity (Wildman–Crippen MR) is 107 cm³/mol. The van der Waals surface area contributed by atoms with Crippen molar-refractivity contribution < 1.29 is 19.1 Å². The molecule has 1 aliphatic rings. The van der Waals surface area contributed by atoms with Crippen LogP contribution in [0.1, 0.15) is 47.6 Å². The van der Waals surface area contributed by atoms with E-state index in [2.05, 4.69) is 17.4 Å². The zero-order valence-corrected chi connectivity index (χ0v) is 16.5. The van der Waals surface area contributed by atoms with Crippen LogP contribution in [0, 0.1) is 13.8 Å². The van der Waals surface area contributed by atoms with Crippen molar-refractivity contribution in [3.8, 4) is 5.75 Å². The van der Waals surface area contributed by atoms with Crippen LogP contribution < -0.4 is 10.1 Å². The molecular formula is C23H27NO4. The molecule has 2 aromatic carbocycles. The number of rotatable bonds is 7. The largest absolute Gasteiger partial charge is 0.493 e. The summed E-state index contributed by atoms with van der Waals surface area (Å²) in [5.41, 5.74) is 4.56. The molecule has 0 radical (unpaired) electrons. The van der Waals surface area contributed by atoms with Gasteiger partial charge in [-0.1, -0.05) is 36.4 Å². The first-order valence-corrected chi connectivity index (χ1v) is 9.76. The highest BCUT2D eigenvalue weighted by atomic mass is 16.5. The van der Waals surface area contributed by atoms with Gasteiger partial charge in [0, 0.05) is 0 Å². The van der Waals surface area contributed by atoms with Gasteiger partial charge in [0.05, 0.1) is 19.1 Å². The number of hydrogen-bond acceptors (Lipinski definition) is 4. The van der Waals surface area contributed by atoms with Crippen LogP contribution in [0.3, 0.4) is 0 Å². The number of aryl methyl sites for hydroxylation is 3. The van der Waals surface area contributed by atoms with Gasteiger partial charge in [-0.2, -0.15) is 0 Å². The van der Waals surface area contributed by atoms with Crippen LogP contribution in [0.15, 0.2) is 42.5 Å². The lowest BCUT2D eigenvalue weighted by Crippen LogP contribution is -2.34. The third kappa shape index (κ3) is 5.35. The quantitative estimate of drug-likeness (QED) is 0.741. The number of hydrogen-bond donors (Lipinski definition) is 1. The second-order valence-corrected chi connectivity index (χ2v) is 7.24. The number of esters is 1. The molecule has 0 fully saturated rings. The normalized spacial score (nSPS) is 15.4. The van der Waals surface area contributed by atoms with Gasteiger partial charge < -0.3 is 14.8 Å². The Kier molecular flexibility index (Phi) is 6.69. The van der Waals surface area contributed by atoms with Crippen molar-refractivity contribution in [1.29, 1.82) is 0 Å². The maximum Gasteiger partial charge on any atom is 0.309 e. The molecule has 5 nitrogen and oxygen atoms in total. The van der Waals surface area contributed by atoms with Crippen LogP contribution in [-0.4, -0.2) is 25.1 Å². The second kappa shape index (κ2) is 9.40. The van der Waals surface area contributed by atoms with E-state index in [4.69, 9.17) is 9.47 Å². The van der Waals surface area contributed by atoms with Gasteiger partial charge in [0.1, 0.15) is 5.75 Å². The fourth-order valence-corrected chi connectivity index (χ4v) is 3.47. The first-order chi connectivity index (χ1) is 13.5. The molecule has 0 saturated carbocycles. The van der Waals surface area contributed by atoms with Gasteiger partial charge in [-0.05, 0) is 61.4 Å². The molecule has 0 aliphatic heterocycles. The van der Waals surface area contributed by atoms with E-state index in [1.807, 2.05) is 44.2 Å². The number of nitrogens with one attached hydrogen (secondary N) is 1. The monoisotopic (exact) mass is 381 g/mol. The number of carbonyl (C=O) groups is 2. The third-order valence-corrected chi connectivity index (χ3v) is 4.98. The Morgan fingerprint density at radius 3 is 2.82 bits per heavy atom. The highest BCUT2D eigenvalue weighted by Crippen LogP contribution is 2.29. The standard InChI is InChI=1S/C23H27NO4/c1-16-10-11-17(2)21(14-16)27-13-12-23(26)28-15-22(25)24-20-9-5-7-18-6-3-4-8-19(18)20/h3-4,6,8,10-11,14,20H,5,7,9,12-13,15H2,1-2H3,(H,24,25)/t20-/m0/s1. The molecule has 0 saturated heterocycles. The van der Waals surface area contributed by atoms with Crippen molar-refractivity contribution in [2.45, 2.75) is 45.6 Å². The van der Waals surface area contributed by atoms with Gasteiger partial charge in [0.25, 0.3) is 5.91 Å². The lowest BCUT2D eigenvalue weighted by Gasteiger charge is -2.26. The van der Waals surface area contributed by atoms with Crippen molar-refractivity contribution in [3.05, 3.63) is 64.7 Å². The summed E-state index contributed by atoms with van der Waals surface area (Å²) in [5.74, 6) is 0.0523. The smallest absolute Gasteiger partial charge is 0.309 e. The average molecular weight is 381 g/mol. The van der Waals surface area contributed by atoms with Crippen LogP contribution in [0.25, 0.3) is 0 Å². The fraction of sp³-hybridized carbons (Fsp3) is 0.391. The van der Waals surface area contributed by atoms with Crippen molar-refractivity contribution in [1.82, 2.24) is 5.32 Å². The zero-order valence-electron chi connectivity index (χ0n) is 16.5. The fourth-order valence-electron chi connectivity index (χ4n) is 3.47. The van der Waals surface area contributed by atoms with E-state index in [-0.39, 0.29) is 31.6 Å². The maximum absolute atomic E-state index is 12.2. The third-order valence-electron chi connectivity index (χ3n) is 4.98. The van der Waals surface area contributed by atoms with E-state index in [1.165, 1.54) is 5.56 Å². The van der Waals surface area contributed by atoms with Crippen molar-refractivity contribution in [3.63, 3.8) is 0 Å². The Morgan fingerprint density at radius 2 is 1.96 bits per heavy atom. The number of carbonyl (C=O) groups excluding carboxylic acids is 2. The van der Waals surface area contributed by atoms with Crippen LogP contribution >= 0.6 is 0 Å². The Hall–Kier alpha value is -2.82. The molecule has 3 rings (SSSR count). The van der Waals surface area contributed by atoms with Crippen molar-refractivity contribution in [2.24, 2.45) is 0 Å². The molecule has 2 aromatic rings. The Bertz CT molecular complexity index is 846. The van der Waals surface area contributed by atoms with Gasteiger partial charge in [-0.3, -0.25) is 9.59 Å². The Morgan fingerprint density at radius 1 is 1.14 bits per heavy atom. The van der Waals surface area contributed by atoms with Gasteiger partial charge in [0.2, 0.25) is 0 Å². The number of fused-ring (bicyclic) bond motifs is 1. The van der Waals surface area contributed by atoms with E-state index >= 15 is 0 Å². The van der Waals surface area contributed by atoms with Gasteiger partial charge in [0.15, 0.2) is 6.61 Å². The van der Waals surface area contributed by atoms with Gasteiger partial charge in [-0.25, -0.2) is 0 Å². The van der Waals surface area contributed by atoms with Crippen molar-refractivity contribution >= 4 is 11.9 Å². The molecule has 1 N–H and O–H groups in total. The molecule has 1 atom stereocenters. The topological polar surface area (TPSA) is 64.6 Å². The Labute approximate surface area is 166 Å². The molecular weight excluding hydrogens is 354 g/mol. The SMILES string of the molecule is Cc1ccc(C)c(OCCC(=O)OCC(=O)N[C@H]2CCCc3ccccc32)c1. The van der Waals surface area contributed by atoms with E-state index in [0.29, 0.717) is 0 Å². The summed E-state index contributed by atoms with van der Waals surface area (Å²) in [7, 11) is 0. The molecule has 28 heavy (non-hydrogen) atoms. The molecule has 1 amide bonds. The lowest BCUT2D eigenvalue weighted by molar-refractivity contribution is -0.149. The molecule has 0 bridgehead atoms. The van der Waals surface area contributed by atoms with Crippen LogP contribution in [0.4, 0.5) is 0 Å². The summed E-state index contributed by atoms with van der Waals surface area (Å²) in [4.78, 5) is 24.1. The second-order valence-electron chi connectivity index (χ2n) is 7.24. The molecule has 0 unspecified atom stereocenters. The minimum absolute atomic E-state index is 0.0104. The summed E-state index contributed by atoms with van der Waals surface area (Å²) in [5, 5.41) is 2.98. The van der Waals surface area contributed by atoms with Gasteiger partial charge in [-0.15, -0.1) is 0 Å². The summed E-state index contributed by atoms with van der Waals surface area (Å²) >= 11 is 0. The molecule has 0 spiro atoms. The van der Waals surface area contributed by atoms with E-state index in [1.54, 1.807) is 0 Å². The number of amides is 1. The molecule has 0 heterocycles. The van der Waals surface area contributed by atoms with Gasteiger partial charge >= 0.3 is 5.97 Å². The highest BCUT2D eigenvalue weighted by Gasteiger charge is 2.21. The minimum atomic E-state index is -0.440. The molecule has 1 aliphatic carbocycles. The van der Waals surface area contributed by atoms with Crippen LogP contribution in [0.5, 0.6) is 5.75 Å². The summed E-state index contributed by atoms with van der Waals surface area (Å²) in [6.45, 7) is 3.91. The first-order valence-electron chi connectivity index (χ1n) is 9.76. The predicted octanol–water partition coefficient (Wildman–Crippen LogP) is 3.81. The van der Waals surface area contributed by atoms with E-state index in [0.717, 1.165) is 41.7 Å². The van der Waals surface area contributed by atoms with E-state index in [9.17, 15) is 9.59 Å².